The van der Waals surface area contributed by atoms with E-state index in [1.54, 1.807) is 12.4 Å². The molecule has 1 spiro atoms. The van der Waals surface area contributed by atoms with E-state index in [9.17, 15) is 13.2 Å². The summed E-state index contributed by atoms with van der Waals surface area (Å²) < 4.78 is 46.0. The van der Waals surface area contributed by atoms with Crippen molar-refractivity contribution in [3.8, 4) is 5.75 Å². The molecule has 1 N–H and O–H groups in total. The molecule has 2 fully saturated rings. The molecule has 2 aromatic rings. The number of piperidine rings is 1. The van der Waals surface area contributed by atoms with Crippen molar-refractivity contribution in [3.05, 3.63) is 42.7 Å². The largest absolute Gasteiger partial charge is 0.490 e. The first-order valence-corrected chi connectivity index (χ1v) is 9.86. The number of hydrogen-bond donors (Lipinski definition) is 1. The first-order valence-electron chi connectivity index (χ1n) is 9.86. The van der Waals surface area contributed by atoms with Gasteiger partial charge in [0.2, 0.25) is 0 Å². The number of carbonyl (C=O) groups is 1. The van der Waals surface area contributed by atoms with Crippen molar-refractivity contribution >= 4 is 5.97 Å². The third kappa shape index (κ3) is 6.41. The number of ether oxygens (including phenoxy) is 2. The molecule has 0 bridgehead atoms. The Morgan fingerprint density at radius 3 is 2.61 bits per heavy atom. The molecule has 8 nitrogen and oxygen atoms in total. The Labute approximate surface area is 177 Å². The van der Waals surface area contributed by atoms with Gasteiger partial charge in [-0.1, -0.05) is 0 Å². The number of pyridine rings is 1. The van der Waals surface area contributed by atoms with Crippen molar-refractivity contribution < 1.29 is 32.5 Å². The highest BCUT2D eigenvalue weighted by Gasteiger charge is 2.43. The number of halogens is 3. The fraction of sp³-hybridized carbons (Fsp3) is 0.550. The summed E-state index contributed by atoms with van der Waals surface area (Å²) in [4.78, 5) is 19.9. The highest BCUT2D eigenvalue weighted by atomic mass is 19.4. The highest BCUT2D eigenvalue weighted by molar-refractivity contribution is 5.73. The molecule has 2 saturated heterocycles. The monoisotopic (exact) mass is 442 g/mol. The molecule has 11 heteroatoms. The van der Waals surface area contributed by atoms with Crippen molar-refractivity contribution in [3.63, 3.8) is 0 Å². The van der Waals surface area contributed by atoms with Gasteiger partial charge in [0.15, 0.2) is 0 Å². The lowest BCUT2D eigenvalue weighted by molar-refractivity contribution is -0.192. The Bertz CT molecular complexity index is 852. The van der Waals surface area contributed by atoms with Crippen molar-refractivity contribution in [1.29, 1.82) is 0 Å². The molecule has 31 heavy (non-hydrogen) atoms. The summed E-state index contributed by atoms with van der Waals surface area (Å²) in [5.41, 5.74) is -0.00892. The second kappa shape index (κ2) is 9.65. The van der Waals surface area contributed by atoms with E-state index in [2.05, 4.69) is 19.4 Å². The van der Waals surface area contributed by atoms with E-state index in [-0.39, 0.29) is 11.7 Å². The van der Waals surface area contributed by atoms with E-state index in [4.69, 9.17) is 19.4 Å². The fourth-order valence-corrected chi connectivity index (χ4v) is 3.70. The quantitative estimate of drug-likeness (QED) is 0.779. The van der Waals surface area contributed by atoms with Gasteiger partial charge >= 0.3 is 12.1 Å². The molecule has 0 amide bonds. The standard InChI is InChI=1S/C18H24N4O2.C2HF3O2/c1-21-10-7-20-17(21)13-22-8-4-18(5-9-22)11-16(14-23-18)24-15-3-2-6-19-12-15;3-2(4,5)1(6)7/h2-3,6-7,10,12,16H,4-5,8-9,11,13-14H2,1H3;(H,6,7). The second-order valence-corrected chi connectivity index (χ2v) is 7.66. The SMILES string of the molecule is Cn1ccnc1CN1CCC2(CC1)CC(Oc1cccnc1)CO2.O=C(O)C(F)(F)F. The molecular formula is C20H25F3N4O4. The van der Waals surface area contributed by atoms with Gasteiger partial charge in [-0.05, 0) is 25.0 Å². The van der Waals surface area contributed by atoms with Crippen LogP contribution in [0.15, 0.2) is 36.9 Å². The van der Waals surface area contributed by atoms with Gasteiger partial charge in [0.05, 0.1) is 24.9 Å². The van der Waals surface area contributed by atoms with Gasteiger partial charge in [0, 0.05) is 45.1 Å². The molecular weight excluding hydrogens is 417 g/mol. The molecule has 1 unspecified atom stereocenters. The lowest BCUT2D eigenvalue weighted by Crippen LogP contribution is -2.44. The Morgan fingerprint density at radius 2 is 2.06 bits per heavy atom. The third-order valence-corrected chi connectivity index (χ3v) is 5.41. The van der Waals surface area contributed by atoms with Gasteiger partial charge in [-0.15, -0.1) is 0 Å². The number of carboxylic acids is 1. The van der Waals surface area contributed by atoms with Crippen molar-refractivity contribution in [2.45, 2.75) is 43.7 Å². The fourth-order valence-electron chi connectivity index (χ4n) is 3.70. The smallest absolute Gasteiger partial charge is 0.486 e. The van der Waals surface area contributed by atoms with E-state index in [0.717, 1.165) is 50.5 Å². The van der Waals surface area contributed by atoms with E-state index < -0.39 is 12.1 Å². The summed E-state index contributed by atoms with van der Waals surface area (Å²) in [5, 5.41) is 7.12. The average Bonchev–Trinajstić information content (AvgIpc) is 3.31. The summed E-state index contributed by atoms with van der Waals surface area (Å²) in [5.74, 6) is -0.807. The number of rotatable bonds is 4. The summed E-state index contributed by atoms with van der Waals surface area (Å²) >= 11 is 0. The molecule has 0 saturated carbocycles. The van der Waals surface area contributed by atoms with Crippen molar-refractivity contribution in [1.82, 2.24) is 19.4 Å². The number of aliphatic carboxylic acids is 1. The van der Waals surface area contributed by atoms with Crippen LogP contribution in [0.2, 0.25) is 0 Å². The molecule has 2 aliphatic heterocycles. The van der Waals surface area contributed by atoms with Crippen LogP contribution < -0.4 is 4.74 Å². The number of carboxylic acid groups (broad SMARTS) is 1. The van der Waals surface area contributed by atoms with Gasteiger partial charge in [-0.2, -0.15) is 13.2 Å². The van der Waals surface area contributed by atoms with Crippen LogP contribution in [0.25, 0.3) is 0 Å². The van der Waals surface area contributed by atoms with Crippen LogP contribution in [0, 0.1) is 0 Å². The zero-order chi connectivity index (χ0) is 22.5. The number of likely N-dealkylation sites (tertiary alicyclic amines) is 1. The number of hydrogen-bond acceptors (Lipinski definition) is 6. The van der Waals surface area contributed by atoms with Gasteiger partial charge in [-0.3, -0.25) is 9.88 Å². The Balaban J connectivity index is 0.000000339. The van der Waals surface area contributed by atoms with Crippen LogP contribution >= 0.6 is 0 Å². The molecule has 2 aromatic heterocycles. The minimum absolute atomic E-state index is 0.00892. The molecule has 0 aromatic carbocycles. The molecule has 170 valence electrons. The normalized spacial score (nSPS) is 20.8. The number of aryl methyl sites for hydroxylation is 1. The average molecular weight is 442 g/mol. The Morgan fingerprint density at radius 1 is 1.35 bits per heavy atom. The predicted octanol–water partition coefficient (Wildman–Crippen LogP) is 2.65. The van der Waals surface area contributed by atoms with Crippen LogP contribution in [-0.4, -0.2) is 68.1 Å². The third-order valence-electron chi connectivity index (χ3n) is 5.41. The summed E-state index contributed by atoms with van der Waals surface area (Å²) in [6, 6.07) is 3.85. The maximum atomic E-state index is 10.6. The number of alkyl halides is 3. The van der Waals surface area contributed by atoms with Crippen molar-refractivity contribution in [2.24, 2.45) is 7.05 Å². The minimum Gasteiger partial charge on any atom is -0.486 e. The molecule has 0 radical (unpaired) electrons. The number of aromatic nitrogens is 3. The highest BCUT2D eigenvalue weighted by Crippen LogP contribution is 2.37. The van der Waals surface area contributed by atoms with E-state index in [0.29, 0.717) is 6.61 Å². The second-order valence-electron chi connectivity index (χ2n) is 7.66. The van der Waals surface area contributed by atoms with Crippen molar-refractivity contribution in [2.75, 3.05) is 19.7 Å². The predicted molar refractivity (Wildman–Crippen MR) is 103 cm³/mol. The first kappa shape index (κ1) is 23.0. The van der Waals surface area contributed by atoms with Crippen LogP contribution in [-0.2, 0) is 23.1 Å². The summed E-state index contributed by atoms with van der Waals surface area (Å²) in [6.07, 6.45) is 5.53. The van der Waals surface area contributed by atoms with Gasteiger partial charge in [0.25, 0.3) is 0 Å². The number of nitrogens with zero attached hydrogens (tertiary/aromatic N) is 4. The van der Waals surface area contributed by atoms with Crippen LogP contribution in [0.3, 0.4) is 0 Å². The Hall–Kier alpha value is -2.66. The van der Waals surface area contributed by atoms with Gasteiger partial charge in [0.1, 0.15) is 17.7 Å². The zero-order valence-corrected chi connectivity index (χ0v) is 17.1. The van der Waals surface area contributed by atoms with E-state index in [1.165, 1.54) is 0 Å². The van der Waals surface area contributed by atoms with E-state index >= 15 is 0 Å². The van der Waals surface area contributed by atoms with Crippen LogP contribution in [0.4, 0.5) is 13.2 Å². The van der Waals surface area contributed by atoms with Crippen LogP contribution in [0.1, 0.15) is 25.1 Å². The number of imidazole rings is 1. The van der Waals surface area contributed by atoms with Crippen LogP contribution in [0.5, 0.6) is 5.75 Å². The summed E-state index contributed by atoms with van der Waals surface area (Å²) in [6.45, 7) is 3.68. The topological polar surface area (TPSA) is 89.7 Å². The Kier molecular flexibility index (Phi) is 7.16. The lowest BCUT2D eigenvalue weighted by Gasteiger charge is -2.38. The van der Waals surface area contributed by atoms with E-state index in [1.807, 2.05) is 31.6 Å². The lowest BCUT2D eigenvalue weighted by atomic mass is 9.88. The molecule has 4 rings (SSSR count). The molecule has 0 aliphatic carbocycles. The molecule has 1 atom stereocenters. The minimum atomic E-state index is -5.08. The summed E-state index contributed by atoms with van der Waals surface area (Å²) in [7, 11) is 2.05. The first-order chi connectivity index (χ1) is 14.7. The maximum absolute atomic E-state index is 10.6. The van der Waals surface area contributed by atoms with Gasteiger partial charge < -0.3 is 19.1 Å². The maximum Gasteiger partial charge on any atom is 0.490 e. The van der Waals surface area contributed by atoms with Gasteiger partial charge in [-0.25, -0.2) is 9.78 Å². The molecule has 4 heterocycles. The zero-order valence-electron chi connectivity index (χ0n) is 17.1. The molecule has 2 aliphatic rings.